The number of pyridine rings is 1. The van der Waals surface area contributed by atoms with Crippen molar-refractivity contribution in [1.82, 2.24) is 19.9 Å². The summed E-state index contributed by atoms with van der Waals surface area (Å²) in [7, 11) is 0. The van der Waals surface area contributed by atoms with E-state index in [0.29, 0.717) is 18.1 Å². The molecule has 0 radical (unpaired) electrons. The second-order valence-electron chi connectivity index (χ2n) is 7.78. The van der Waals surface area contributed by atoms with Gasteiger partial charge in [-0.15, -0.1) is 0 Å². The van der Waals surface area contributed by atoms with Gasteiger partial charge in [0.2, 0.25) is 5.91 Å². The molecular formula is C25H23N5O2. The van der Waals surface area contributed by atoms with Crippen molar-refractivity contribution in [1.29, 1.82) is 0 Å². The SMILES string of the molecule is O=C(NCc1nc2ccccc2n1CC(=O)N1CCCc2ccccc21)c1ccccn1. The van der Waals surface area contributed by atoms with E-state index in [2.05, 4.69) is 21.4 Å². The van der Waals surface area contributed by atoms with Gasteiger partial charge in [0.1, 0.15) is 18.1 Å². The van der Waals surface area contributed by atoms with Crippen molar-refractivity contribution in [2.75, 3.05) is 11.4 Å². The Labute approximate surface area is 185 Å². The Hall–Kier alpha value is -4.00. The highest BCUT2D eigenvalue weighted by Gasteiger charge is 2.24. The zero-order chi connectivity index (χ0) is 21.9. The monoisotopic (exact) mass is 425 g/mol. The van der Waals surface area contributed by atoms with Gasteiger partial charge >= 0.3 is 0 Å². The fourth-order valence-corrected chi connectivity index (χ4v) is 4.20. The number of aryl methyl sites for hydroxylation is 1. The summed E-state index contributed by atoms with van der Waals surface area (Å²) >= 11 is 0. The Kier molecular flexibility index (Phi) is 5.37. The third kappa shape index (κ3) is 3.85. The first kappa shape index (κ1) is 19.9. The van der Waals surface area contributed by atoms with E-state index in [1.54, 1.807) is 24.4 Å². The average molecular weight is 425 g/mol. The first-order valence-corrected chi connectivity index (χ1v) is 10.7. The molecule has 2 aromatic carbocycles. The first-order chi connectivity index (χ1) is 15.7. The van der Waals surface area contributed by atoms with Crippen molar-refractivity contribution in [3.05, 3.63) is 90.0 Å². The van der Waals surface area contributed by atoms with E-state index in [9.17, 15) is 9.59 Å². The number of carbonyl (C=O) groups is 2. The van der Waals surface area contributed by atoms with Gasteiger partial charge in [-0.25, -0.2) is 4.98 Å². The lowest BCUT2D eigenvalue weighted by molar-refractivity contribution is -0.119. The highest BCUT2D eigenvalue weighted by atomic mass is 16.2. The number of nitrogens with zero attached hydrogens (tertiary/aromatic N) is 4. The molecule has 3 heterocycles. The number of carbonyl (C=O) groups excluding carboxylic acids is 2. The van der Waals surface area contributed by atoms with Gasteiger partial charge in [-0.1, -0.05) is 36.4 Å². The van der Waals surface area contributed by atoms with Crippen molar-refractivity contribution in [2.45, 2.75) is 25.9 Å². The molecule has 4 aromatic rings. The van der Waals surface area contributed by atoms with Crippen molar-refractivity contribution >= 4 is 28.5 Å². The highest BCUT2D eigenvalue weighted by molar-refractivity contribution is 5.95. The van der Waals surface area contributed by atoms with Gasteiger partial charge < -0.3 is 14.8 Å². The number of rotatable bonds is 5. The number of nitrogens with one attached hydrogen (secondary N) is 1. The molecule has 1 aliphatic rings. The van der Waals surface area contributed by atoms with Crippen molar-refractivity contribution < 1.29 is 9.59 Å². The summed E-state index contributed by atoms with van der Waals surface area (Å²) < 4.78 is 1.90. The number of hydrogen-bond donors (Lipinski definition) is 1. The summed E-state index contributed by atoms with van der Waals surface area (Å²) in [4.78, 5) is 36.5. The Balaban J connectivity index is 1.41. The molecule has 0 saturated carbocycles. The minimum atomic E-state index is -0.277. The van der Waals surface area contributed by atoms with E-state index in [4.69, 9.17) is 0 Å². The number of para-hydroxylation sites is 3. The Morgan fingerprint density at radius 3 is 2.66 bits per heavy atom. The molecule has 0 unspecified atom stereocenters. The molecule has 0 spiro atoms. The molecule has 7 nitrogen and oxygen atoms in total. The molecule has 7 heteroatoms. The number of benzene rings is 2. The summed E-state index contributed by atoms with van der Waals surface area (Å²) in [6.07, 6.45) is 3.51. The number of hydrogen-bond acceptors (Lipinski definition) is 4. The summed E-state index contributed by atoms with van der Waals surface area (Å²) in [5.41, 5.74) is 4.19. The minimum absolute atomic E-state index is 0.0117. The van der Waals surface area contributed by atoms with Crippen LogP contribution in [-0.2, 0) is 24.3 Å². The largest absolute Gasteiger partial charge is 0.343 e. The fourth-order valence-electron chi connectivity index (χ4n) is 4.20. The number of imidazole rings is 1. The van der Waals surface area contributed by atoms with Gasteiger partial charge in [0.15, 0.2) is 0 Å². The number of fused-ring (bicyclic) bond motifs is 2. The lowest BCUT2D eigenvalue weighted by atomic mass is 10.0. The molecule has 160 valence electrons. The van der Waals surface area contributed by atoms with Crippen LogP contribution in [0.5, 0.6) is 0 Å². The van der Waals surface area contributed by atoms with Crippen LogP contribution < -0.4 is 10.2 Å². The van der Waals surface area contributed by atoms with E-state index in [1.807, 2.05) is 51.9 Å². The van der Waals surface area contributed by atoms with E-state index in [0.717, 1.165) is 29.6 Å². The van der Waals surface area contributed by atoms with Crippen molar-refractivity contribution in [3.63, 3.8) is 0 Å². The topological polar surface area (TPSA) is 80.1 Å². The van der Waals surface area contributed by atoms with Crippen molar-refractivity contribution in [3.8, 4) is 0 Å². The van der Waals surface area contributed by atoms with Crippen LogP contribution >= 0.6 is 0 Å². The quantitative estimate of drug-likeness (QED) is 0.532. The van der Waals surface area contributed by atoms with Crippen LogP contribution in [0.15, 0.2) is 72.9 Å². The second-order valence-corrected chi connectivity index (χ2v) is 7.78. The molecule has 1 N–H and O–H groups in total. The van der Waals surface area contributed by atoms with Gasteiger partial charge in [-0.05, 0) is 48.7 Å². The molecule has 0 bridgehead atoms. The lowest BCUT2D eigenvalue weighted by Gasteiger charge is -2.29. The van der Waals surface area contributed by atoms with Gasteiger partial charge in [0.25, 0.3) is 5.91 Å². The van der Waals surface area contributed by atoms with Crippen LogP contribution in [-0.4, -0.2) is 32.9 Å². The number of anilines is 1. The van der Waals surface area contributed by atoms with Crippen LogP contribution in [0.3, 0.4) is 0 Å². The molecule has 0 aliphatic carbocycles. The van der Waals surface area contributed by atoms with Crippen LogP contribution in [0.25, 0.3) is 11.0 Å². The van der Waals surface area contributed by atoms with Gasteiger partial charge in [0.05, 0.1) is 17.6 Å². The van der Waals surface area contributed by atoms with E-state index >= 15 is 0 Å². The van der Waals surface area contributed by atoms with E-state index in [-0.39, 0.29) is 24.9 Å². The summed E-state index contributed by atoms with van der Waals surface area (Å²) in [5, 5.41) is 2.88. The average Bonchev–Trinajstić information content (AvgIpc) is 3.20. The van der Waals surface area contributed by atoms with Crippen LogP contribution in [0.2, 0.25) is 0 Å². The highest BCUT2D eigenvalue weighted by Crippen LogP contribution is 2.27. The smallest absolute Gasteiger partial charge is 0.270 e. The summed E-state index contributed by atoms with van der Waals surface area (Å²) in [5.74, 6) is 0.368. The molecule has 0 atom stereocenters. The maximum Gasteiger partial charge on any atom is 0.270 e. The zero-order valence-corrected chi connectivity index (χ0v) is 17.6. The number of amides is 2. The second kappa shape index (κ2) is 8.63. The maximum absolute atomic E-state index is 13.4. The molecule has 2 amide bonds. The maximum atomic E-state index is 13.4. The summed E-state index contributed by atoms with van der Waals surface area (Å²) in [6, 6.07) is 21.0. The molecular weight excluding hydrogens is 402 g/mol. The molecule has 5 rings (SSSR count). The number of aromatic nitrogens is 3. The Morgan fingerprint density at radius 1 is 0.969 bits per heavy atom. The molecule has 0 fully saturated rings. The molecule has 2 aromatic heterocycles. The zero-order valence-electron chi connectivity index (χ0n) is 17.6. The molecule has 0 saturated heterocycles. The third-order valence-electron chi connectivity index (χ3n) is 5.74. The minimum Gasteiger partial charge on any atom is -0.343 e. The standard InChI is InChI=1S/C25H23N5O2/c31-24(29-15-7-9-18-8-1-3-12-21(18)29)17-30-22-13-4-2-10-19(22)28-23(30)16-27-25(32)20-11-5-6-14-26-20/h1-6,8,10-14H,7,9,15-17H2,(H,27,32). The van der Waals surface area contributed by atoms with Crippen LogP contribution in [0.4, 0.5) is 5.69 Å². The Morgan fingerprint density at radius 2 is 1.78 bits per heavy atom. The lowest BCUT2D eigenvalue weighted by Crippen LogP contribution is -2.38. The van der Waals surface area contributed by atoms with Crippen LogP contribution in [0.1, 0.15) is 28.3 Å². The first-order valence-electron chi connectivity index (χ1n) is 10.7. The predicted octanol–water partition coefficient (Wildman–Crippen LogP) is 3.34. The molecule has 1 aliphatic heterocycles. The summed E-state index contributed by atoms with van der Waals surface area (Å²) in [6.45, 7) is 1.06. The fraction of sp³-hybridized carbons (Fsp3) is 0.200. The Bertz CT molecular complexity index is 1280. The van der Waals surface area contributed by atoms with Crippen LogP contribution in [0, 0.1) is 0 Å². The van der Waals surface area contributed by atoms with Gasteiger partial charge in [-0.2, -0.15) is 0 Å². The normalized spacial score (nSPS) is 13.1. The van der Waals surface area contributed by atoms with Crippen molar-refractivity contribution in [2.24, 2.45) is 0 Å². The molecule has 32 heavy (non-hydrogen) atoms. The van der Waals surface area contributed by atoms with Gasteiger partial charge in [-0.3, -0.25) is 14.6 Å². The third-order valence-corrected chi connectivity index (χ3v) is 5.74. The predicted molar refractivity (Wildman–Crippen MR) is 122 cm³/mol. The van der Waals surface area contributed by atoms with E-state index < -0.39 is 0 Å². The van der Waals surface area contributed by atoms with E-state index in [1.165, 1.54) is 5.56 Å². The van der Waals surface area contributed by atoms with Gasteiger partial charge in [0, 0.05) is 18.4 Å².